The molecule has 0 spiro atoms. The summed E-state index contributed by atoms with van der Waals surface area (Å²) < 4.78 is 0. The van der Waals surface area contributed by atoms with Crippen molar-refractivity contribution in [2.45, 2.75) is 19.3 Å². The average molecular weight is 196 g/mol. The summed E-state index contributed by atoms with van der Waals surface area (Å²) in [5.41, 5.74) is 2.74. The molecular weight excluding hydrogens is 182 g/mol. The molecule has 1 aliphatic heterocycles. The monoisotopic (exact) mass is 195 g/mol. The summed E-state index contributed by atoms with van der Waals surface area (Å²) in [6.45, 7) is 1.16. The van der Waals surface area contributed by atoms with E-state index in [4.69, 9.17) is 11.6 Å². The molecule has 0 saturated carbocycles. The Morgan fingerprint density at radius 1 is 1.31 bits per heavy atom. The Morgan fingerprint density at radius 3 is 3.00 bits per heavy atom. The van der Waals surface area contributed by atoms with Gasteiger partial charge in [0, 0.05) is 24.3 Å². The highest BCUT2D eigenvalue weighted by Crippen LogP contribution is 2.27. The second-order valence-electron chi connectivity index (χ2n) is 3.65. The summed E-state index contributed by atoms with van der Waals surface area (Å²) in [5.74, 6) is 0. The van der Waals surface area contributed by atoms with Crippen molar-refractivity contribution >= 4 is 17.3 Å². The van der Waals surface area contributed by atoms with Gasteiger partial charge in [0.05, 0.1) is 0 Å². The molecule has 0 aromatic heterocycles. The lowest BCUT2D eigenvalue weighted by Gasteiger charge is -2.19. The smallest absolute Gasteiger partial charge is 0.0410 e. The Bertz CT molecular complexity index is 309. The van der Waals surface area contributed by atoms with Gasteiger partial charge in [-0.1, -0.05) is 11.6 Å². The van der Waals surface area contributed by atoms with Gasteiger partial charge in [0.1, 0.15) is 0 Å². The number of fused-ring (bicyclic) bond motifs is 1. The standard InChI is InChI=1S/C11H14ClN/c1-13-7-3-2-4-9-8-10(12)5-6-11(9)13/h5-6,8H,2-4,7H2,1H3. The zero-order valence-electron chi connectivity index (χ0n) is 7.89. The Morgan fingerprint density at radius 2 is 2.15 bits per heavy atom. The highest BCUT2D eigenvalue weighted by atomic mass is 35.5. The predicted octanol–water partition coefficient (Wildman–Crippen LogP) is 3.11. The summed E-state index contributed by atoms with van der Waals surface area (Å²) in [6, 6.07) is 6.20. The second-order valence-corrected chi connectivity index (χ2v) is 4.09. The van der Waals surface area contributed by atoms with Gasteiger partial charge in [0.2, 0.25) is 0 Å². The number of nitrogens with zero attached hydrogens (tertiary/aromatic N) is 1. The van der Waals surface area contributed by atoms with Crippen molar-refractivity contribution in [1.29, 1.82) is 0 Å². The fraction of sp³-hybridized carbons (Fsp3) is 0.455. The molecule has 1 heterocycles. The maximum Gasteiger partial charge on any atom is 0.0410 e. The van der Waals surface area contributed by atoms with Crippen LogP contribution >= 0.6 is 11.6 Å². The predicted molar refractivity (Wildman–Crippen MR) is 57.7 cm³/mol. The third-order valence-electron chi connectivity index (χ3n) is 2.64. The normalized spacial score (nSPS) is 16.6. The number of anilines is 1. The summed E-state index contributed by atoms with van der Waals surface area (Å²) in [7, 11) is 2.15. The summed E-state index contributed by atoms with van der Waals surface area (Å²) in [4.78, 5) is 2.32. The van der Waals surface area contributed by atoms with Crippen molar-refractivity contribution in [3.63, 3.8) is 0 Å². The molecule has 0 bridgehead atoms. The van der Waals surface area contributed by atoms with Gasteiger partial charge in [-0.05, 0) is 43.0 Å². The van der Waals surface area contributed by atoms with Gasteiger partial charge in [-0.25, -0.2) is 0 Å². The zero-order valence-corrected chi connectivity index (χ0v) is 8.64. The van der Waals surface area contributed by atoms with Crippen molar-refractivity contribution in [2.24, 2.45) is 0 Å². The Kier molecular flexibility index (Phi) is 2.45. The van der Waals surface area contributed by atoms with E-state index in [2.05, 4.69) is 24.1 Å². The largest absolute Gasteiger partial charge is 0.374 e. The molecule has 0 N–H and O–H groups in total. The van der Waals surface area contributed by atoms with Crippen LogP contribution in [0, 0.1) is 0 Å². The van der Waals surface area contributed by atoms with Crippen molar-refractivity contribution < 1.29 is 0 Å². The minimum Gasteiger partial charge on any atom is -0.374 e. The molecule has 1 aromatic rings. The van der Waals surface area contributed by atoms with Crippen LogP contribution in [0.4, 0.5) is 5.69 Å². The number of hydrogen-bond acceptors (Lipinski definition) is 1. The van der Waals surface area contributed by atoms with Crippen LogP contribution in [0.1, 0.15) is 18.4 Å². The van der Waals surface area contributed by atoms with Crippen molar-refractivity contribution in [3.05, 3.63) is 28.8 Å². The van der Waals surface area contributed by atoms with E-state index < -0.39 is 0 Å². The molecule has 0 atom stereocenters. The van der Waals surface area contributed by atoms with Gasteiger partial charge in [0.15, 0.2) is 0 Å². The first-order chi connectivity index (χ1) is 6.27. The summed E-state index contributed by atoms with van der Waals surface area (Å²) in [6.07, 6.45) is 3.72. The first-order valence-electron chi connectivity index (χ1n) is 4.77. The molecule has 0 aliphatic carbocycles. The number of halogens is 1. The minimum atomic E-state index is 0.856. The van der Waals surface area contributed by atoms with Crippen LogP contribution < -0.4 is 4.90 Å². The number of benzene rings is 1. The van der Waals surface area contributed by atoms with Crippen LogP contribution in [0.3, 0.4) is 0 Å². The molecule has 70 valence electrons. The van der Waals surface area contributed by atoms with Crippen molar-refractivity contribution in [2.75, 3.05) is 18.5 Å². The molecule has 0 unspecified atom stereocenters. The van der Waals surface area contributed by atoms with Crippen LogP contribution in [0.2, 0.25) is 5.02 Å². The third-order valence-corrected chi connectivity index (χ3v) is 2.88. The molecule has 13 heavy (non-hydrogen) atoms. The zero-order chi connectivity index (χ0) is 9.26. The van der Waals surface area contributed by atoms with Gasteiger partial charge in [-0.2, -0.15) is 0 Å². The Hall–Kier alpha value is -0.690. The Labute approximate surface area is 84.3 Å². The van der Waals surface area contributed by atoms with E-state index in [0.29, 0.717) is 0 Å². The van der Waals surface area contributed by atoms with Gasteiger partial charge >= 0.3 is 0 Å². The summed E-state index contributed by atoms with van der Waals surface area (Å²) >= 11 is 5.96. The maximum atomic E-state index is 5.96. The molecule has 0 fully saturated rings. The number of aryl methyl sites for hydroxylation is 1. The highest BCUT2D eigenvalue weighted by molar-refractivity contribution is 6.30. The summed E-state index contributed by atoms with van der Waals surface area (Å²) in [5, 5.41) is 0.856. The lowest BCUT2D eigenvalue weighted by Crippen LogP contribution is -2.17. The van der Waals surface area contributed by atoms with E-state index in [1.807, 2.05) is 6.07 Å². The quantitative estimate of drug-likeness (QED) is 0.615. The van der Waals surface area contributed by atoms with E-state index in [1.54, 1.807) is 0 Å². The van der Waals surface area contributed by atoms with Crippen LogP contribution in [0.5, 0.6) is 0 Å². The van der Waals surface area contributed by atoms with Gasteiger partial charge in [-0.15, -0.1) is 0 Å². The van der Waals surface area contributed by atoms with E-state index in [9.17, 15) is 0 Å². The molecule has 1 aromatic carbocycles. The lowest BCUT2D eigenvalue weighted by atomic mass is 10.1. The highest BCUT2D eigenvalue weighted by Gasteiger charge is 2.11. The second kappa shape index (κ2) is 3.59. The topological polar surface area (TPSA) is 3.24 Å². The average Bonchev–Trinajstić information content (AvgIpc) is 2.28. The first kappa shape index (κ1) is 8.89. The number of hydrogen-bond donors (Lipinski definition) is 0. The van der Waals surface area contributed by atoms with Crippen molar-refractivity contribution in [3.8, 4) is 0 Å². The molecule has 1 nitrogen and oxygen atoms in total. The van der Waals surface area contributed by atoms with Crippen LogP contribution in [0.25, 0.3) is 0 Å². The number of rotatable bonds is 0. The van der Waals surface area contributed by atoms with Crippen LogP contribution in [-0.2, 0) is 6.42 Å². The molecule has 0 amide bonds. The molecule has 0 radical (unpaired) electrons. The van der Waals surface area contributed by atoms with E-state index in [-0.39, 0.29) is 0 Å². The molecule has 0 saturated heterocycles. The molecule has 1 aliphatic rings. The van der Waals surface area contributed by atoms with Crippen molar-refractivity contribution in [1.82, 2.24) is 0 Å². The van der Waals surface area contributed by atoms with Gasteiger partial charge in [-0.3, -0.25) is 0 Å². The van der Waals surface area contributed by atoms with E-state index in [1.165, 1.54) is 30.5 Å². The van der Waals surface area contributed by atoms with E-state index in [0.717, 1.165) is 11.6 Å². The molecule has 2 rings (SSSR count). The van der Waals surface area contributed by atoms with E-state index >= 15 is 0 Å². The van der Waals surface area contributed by atoms with Gasteiger partial charge < -0.3 is 4.90 Å². The SMILES string of the molecule is CN1CCCCc2cc(Cl)ccc21. The minimum absolute atomic E-state index is 0.856. The molecule has 2 heteroatoms. The van der Waals surface area contributed by atoms with Gasteiger partial charge in [0.25, 0.3) is 0 Å². The van der Waals surface area contributed by atoms with Crippen LogP contribution in [-0.4, -0.2) is 13.6 Å². The Balaban J connectivity index is 2.42. The fourth-order valence-corrected chi connectivity index (χ4v) is 2.11. The fourth-order valence-electron chi connectivity index (χ4n) is 1.91. The molecular formula is C11H14ClN. The van der Waals surface area contributed by atoms with Crippen LogP contribution in [0.15, 0.2) is 18.2 Å². The third kappa shape index (κ3) is 1.80. The lowest BCUT2D eigenvalue weighted by molar-refractivity contribution is 0.750. The maximum absolute atomic E-state index is 5.96. The first-order valence-corrected chi connectivity index (χ1v) is 5.15.